The van der Waals surface area contributed by atoms with Crippen molar-refractivity contribution in [3.63, 3.8) is 0 Å². The van der Waals surface area contributed by atoms with Crippen LogP contribution in [0.3, 0.4) is 0 Å². The number of amides is 3. The highest BCUT2D eigenvalue weighted by molar-refractivity contribution is 6.30. The Kier molecular flexibility index (Phi) is 5.27. The zero-order valence-electron chi connectivity index (χ0n) is 15.4. The maximum absolute atomic E-state index is 12.2. The minimum atomic E-state index is -0.544. The summed E-state index contributed by atoms with van der Waals surface area (Å²) in [6, 6.07) is 6.40. The molecular formula is C18H22ClN5O3. The van der Waals surface area contributed by atoms with E-state index < -0.39 is 11.6 Å². The van der Waals surface area contributed by atoms with Crippen LogP contribution in [0.1, 0.15) is 32.0 Å². The molecule has 0 atom stereocenters. The fraction of sp³-hybridized carbons (Fsp3) is 0.389. The smallest absolute Gasteiger partial charge is 0.410 e. The Hall–Kier alpha value is -2.74. The Morgan fingerprint density at radius 2 is 1.93 bits per heavy atom. The van der Waals surface area contributed by atoms with E-state index in [1.807, 2.05) is 20.8 Å². The minimum Gasteiger partial charge on any atom is -0.444 e. The molecule has 0 aliphatic carbocycles. The Balaban J connectivity index is 1.61. The molecule has 0 radical (unpaired) electrons. The van der Waals surface area contributed by atoms with Crippen LogP contribution < -0.4 is 10.6 Å². The highest BCUT2D eigenvalue weighted by Crippen LogP contribution is 2.25. The summed E-state index contributed by atoms with van der Waals surface area (Å²) in [7, 11) is 0. The molecule has 2 aromatic rings. The van der Waals surface area contributed by atoms with Crippen LogP contribution in [0.4, 0.5) is 21.1 Å². The number of anilines is 2. The number of hydrogen-bond donors (Lipinski definition) is 3. The molecule has 0 saturated carbocycles. The summed E-state index contributed by atoms with van der Waals surface area (Å²) in [6.07, 6.45) is 0.208. The third-order valence-corrected chi connectivity index (χ3v) is 4.17. The molecule has 8 nitrogen and oxygen atoms in total. The Morgan fingerprint density at radius 1 is 1.22 bits per heavy atom. The predicted molar refractivity (Wildman–Crippen MR) is 103 cm³/mol. The van der Waals surface area contributed by atoms with E-state index in [1.54, 1.807) is 29.2 Å². The first-order chi connectivity index (χ1) is 12.7. The zero-order chi connectivity index (χ0) is 19.6. The summed E-state index contributed by atoms with van der Waals surface area (Å²) < 4.78 is 5.40. The normalized spacial score (nSPS) is 13.7. The molecule has 1 aromatic carbocycles. The molecule has 0 saturated heterocycles. The first kappa shape index (κ1) is 19.0. The van der Waals surface area contributed by atoms with E-state index in [9.17, 15) is 9.59 Å². The number of hydrogen-bond acceptors (Lipinski definition) is 4. The number of aromatic nitrogens is 2. The Labute approximate surface area is 162 Å². The number of rotatable bonds is 2. The van der Waals surface area contributed by atoms with E-state index in [4.69, 9.17) is 16.3 Å². The number of nitrogens with zero attached hydrogens (tertiary/aromatic N) is 2. The van der Waals surface area contributed by atoms with Gasteiger partial charge in [0.15, 0.2) is 5.82 Å². The molecule has 144 valence electrons. The molecule has 0 bridgehead atoms. The van der Waals surface area contributed by atoms with Gasteiger partial charge in [-0.15, -0.1) is 0 Å². The number of benzene rings is 1. The highest BCUT2D eigenvalue weighted by atomic mass is 35.5. The first-order valence-electron chi connectivity index (χ1n) is 8.59. The van der Waals surface area contributed by atoms with E-state index >= 15 is 0 Å². The molecule has 9 heteroatoms. The number of ether oxygens (including phenoxy) is 1. The average Bonchev–Trinajstić information content (AvgIpc) is 2.97. The number of fused-ring (bicyclic) bond motifs is 1. The molecule has 3 amide bonds. The van der Waals surface area contributed by atoms with Crippen LogP contribution in [0, 0.1) is 0 Å². The fourth-order valence-corrected chi connectivity index (χ4v) is 2.83. The molecule has 0 fully saturated rings. The third kappa shape index (κ3) is 4.91. The van der Waals surface area contributed by atoms with E-state index in [0.29, 0.717) is 36.0 Å². The van der Waals surface area contributed by atoms with Crippen molar-refractivity contribution in [2.75, 3.05) is 17.2 Å². The van der Waals surface area contributed by atoms with Crippen molar-refractivity contribution in [2.24, 2.45) is 0 Å². The monoisotopic (exact) mass is 391 g/mol. The van der Waals surface area contributed by atoms with Gasteiger partial charge >= 0.3 is 12.1 Å². The van der Waals surface area contributed by atoms with Gasteiger partial charge in [-0.25, -0.2) is 9.59 Å². The van der Waals surface area contributed by atoms with Crippen LogP contribution in [0.2, 0.25) is 5.02 Å². The summed E-state index contributed by atoms with van der Waals surface area (Å²) in [5.41, 5.74) is 1.75. The molecule has 1 aliphatic heterocycles. The first-order valence-corrected chi connectivity index (χ1v) is 8.97. The van der Waals surface area contributed by atoms with Crippen LogP contribution in [0.5, 0.6) is 0 Å². The van der Waals surface area contributed by atoms with Gasteiger partial charge in [0.1, 0.15) is 5.60 Å². The predicted octanol–water partition coefficient (Wildman–Crippen LogP) is 4.00. The molecule has 0 spiro atoms. The Bertz CT molecular complexity index is 842. The van der Waals surface area contributed by atoms with Crippen molar-refractivity contribution in [2.45, 2.75) is 39.3 Å². The number of nitrogens with one attached hydrogen (secondary N) is 3. The summed E-state index contributed by atoms with van der Waals surface area (Å²) >= 11 is 5.83. The van der Waals surface area contributed by atoms with Crippen molar-refractivity contribution in [3.05, 3.63) is 40.5 Å². The second-order valence-electron chi connectivity index (χ2n) is 7.27. The second kappa shape index (κ2) is 7.48. The molecule has 1 aliphatic rings. The number of carbonyl (C=O) groups is 2. The molecule has 1 aromatic heterocycles. The topological polar surface area (TPSA) is 99.3 Å². The number of urea groups is 1. The number of halogens is 1. The molecule has 2 heterocycles. The lowest BCUT2D eigenvalue weighted by Crippen LogP contribution is -2.40. The third-order valence-electron chi connectivity index (χ3n) is 3.92. The SMILES string of the molecule is CC(C)(C)OC(=O)N1CCc2c(NC(=O)Nc3ccc(Cl)cc3)n[nH]c2C1. The number of H-pyrrole nitrogens is 1. The quantitative estimate of drug-likeness (QED) is 0.720. The number of carbonyl (C=O) groups excluding carboxylic acids is 2. The summed E-state index contributed by atoms with van der Waals surface area (Å²) in [5, 5.41) is 13.1. The minimum absolute atomic E-state index is 0.359. The number of aromatic amines is 1. The zero-order valence-corrected chi connectivity index (χ0v) is 16.2. The van der Waals surface area contributed by atoms with Crippen molar-refractivity contribution in [3.8, 4) is 0 Å². The summed E-state index contributed by atoms with van der Waals surface area (Å²) in [6.45, 7) is 6.35. The maximum Gasteiger partial charge on any atom is 0.410 e. The van der Waals surface area contributed by atoms with Gasteiger partial charge in [-0.05, 0) is 51.5 Å². The van der Waals surface area contributed by atoms with E-state index in [1.165, 1.54) is 0 Å². The van der Waals surface area contributed by atoms with E-state index in [0.717, 1.165) is 11.3 Å². The molecule has 3 N–H and O–H groups in total. The maximum atomic E-state index is 12.2. The average molecular weight is 392 g/mol. The summed E-state index contributed by atoms with van der Waals surface area (Å²) in [5.74, 6) is 0.459. The molecular weight excluding hydrogens is 370 g/mol. The van der Waals surface area contributed by atoms with Gasteiger partial charge in [0.25, 0.3) is 0 Å². The van der Waals surface area contributed by atoms with Crippen LogP contribution in [0.25, 0.3) is 0 Å². The lowest BCUT2D eigenvalue weighted by atomic mass is 10.1. The van der Waals surface area contributed by atoms with Crippen molar-refractivity contribution < 1.29 is 14.3 Å². The Morgan fingerprint density at radius 3 is 2.59 bits per heavy atom. The molecule has 0 unspecified atom stereocenters. The fourth-order valence-electron chi connectivity index (χ4n) is 2.71. The van der Waals surface area contributed by atoms with Gasteiger partial charge < -0.3 is 15.0 Å². The van der Waals surface area contributed by atoms with Crippen LogP contribution in [0.15, 0.2) is 24.3 Å². The lowest BCUT2D eigenvalue weighted by molar-refractivity contribution is 0.0221. The van der Waals surface area contributed by atoms with Gasteiger partial charge in [-0.1, -0.05) is 11.6 Å². The lowest BCUT2D eigenvalue weighted by Gasteiger charge is -2.29. The van der Waals surface area contributed by atoms with Crippen molar-refractivity contribution >= 4 is 35.2 Å². The van der Waals surface area contributed by atoms with Crippen molar-refractivity contribution in [1.82, 2.24) is 15.1 Å². The second-order valence-corrected chi connectivity index (χ2v) is 7.70. The molecule has 27 heavy (non-hydrogen) atoms. The van der Waals surface area contributed by atoms with Crippen molar-refractivity contribution in [1.29, 1.82) is 0 Å². The largest absolute Gasteiger partial charge is 0.444 e. The van der Waals surface area contributed by atoms with Gasteiger partial charge in [-0.2, -0.15) is 5.10 Å². The molecule has 3 rings (SSSR count). The van der Waals surface area contributed by atoms with E-state index in [-0.39, 0.29) is 6.09 Å². The summed E-state index contributed by atoms with van der Waals surface area (Å²) in [4.78, 5) is 26.0. The van der Waals surface area contributed by atoms with Gasteiger partial charge in [0.2, 0.25) is 0 Å². The van der Waals surface area contributed by atoms with Gasteiger partial charge in [0.05, 0.1) is 12.2 Å². The van der Waals surface area contributed by atoms with E-state index in [2.05, 4.69) is 20.8 Å². The highest BCUT2D eigenvalue weighted by Gasteiger charge is 2.28. The van der Waals surface area contributed by atoms with Crippen LogP contribution in [-0.4, -0.2) is 39.4 Å². The van der Waals surface area contributed by atoms with Crippen LogP contribution in [-0.2, 0) is 17.7 Å². The standard InChI is InChI=1S/C18H22ClN5O3/c1-18(2,3)27-17(26)24-9-8-13-14(10-24)22-23-15(13)21-16(25)20-12-6-4-11(19)5-7-12/h4-7H,8-10H2,1-3H3,(H3,20,21,22,23,25). The van der Waals surface area contributed by atoms with Crippen LogP contribution >= 0.6 is 11.6 Å². The van der Waals surface area contributed by atoms with Gasteiger partial charge in [-0.3, -0.25) is 10.4 Å². The van der Waals surface area contributed by atoms with Gasteiger partial charge in [0, 0.05) is 22.8 Å².